The normalized spacial score (nSPS) is 17.7. The van der Waals surface area contributed by atoms with Crippen LogP contribution < -0.4 is 10.6 Å². The van der Waals surface area contributed by atoms with Crippen molar-refractivity contribution in [2.75, 3.05) is 18.0 Å². The average molecular weight is 302 g/mol. The molecule has 0 spiro atoms. The van der Waals surface area contributed by atoms with E-state index in [0.29, 0.717) is 16.8 Å². The van der Waals surface area contributed by atoms with Crippen LogP contribution >= 0.6 is 0 Å². The zero-order chi connectivity index (χ0) is 15.8. The van der Waals surface area contributed by atoms with Crippen LogP contribution in [-0.2, 0) is 0 Å². The minimum atomic E-state index is -4.27. The third-order valence-electron chi connectivity index (χ3n) is 3.71. The van der Waals surface area contributed by atoms with E-state index in [1.54, 1.807) is 24.8 Å². The van der Waals surface area contributed by atoms with Gasteiger partial charge in [-0.05, 0) is 43.5 Å². The van der Waals surface area contributed by atoms with E-state index in [1.807, 2.05) is 0 Å². The largest absolute Gasteiger partial charge is 0.412 e. The van der Waals surface area contributed by atoms with E-state index in [9.17, 15) is 17.6 Å². The molecule has 0 aromatic heterocycles. The molecule has 2 N–H and O–H groups in total. The Bertz CT molecular complexity index is 562. The fraction of sp³-hybridized carbons (Fsp3) is 0.467. The van der Waals surface area contributed by atoms with Crippen LogP contribution in [0.15, 0.2) is 23.8 Å². The highest BCUT2D eigenvalue weighted by atomic mass is 19.4. The summed E-state index contributed by atoms with van der Waals surface area (Å²) < 4.78 is 51.6. The Morgan fingerprint density at radius 1 is 1.29 bits per heavy atom. The molecule has 1 aromatic carbocycles. The molecule has 1 aliphatic heterocycles. The van der Waals surface area contributed by atoms with Gasteiger partial charge in [0.05, 0.1) is 0 Å². The van der Waals surface area contributed by atoms with E-state index in [0.717, 1.165) is 0 Å². The Morgan fingerprint density at radius 3 is 2.43 bits per heavy atom. The van der Waals surface area contributed by atoms with Crippen LogP contribution in [0.2, 0.25) is 0 Å². The van der Waals surface area contributed by atoms with Crippen molar-refractivity contribution in [2.45, 2.75) is 32.5 Å². The number of hydrogen-bond donors (Lipinski definition) is 1. The summed E-state index contributed by atoms with van der Waals surface area (Å²) in [6.45, 7) is 3.76. The van der Waals surface area contributed by atoms with Crippen LogP contribution in [0.5, 0.6) is 0 Å². The second-order valence-electron chi connectivity index (χ2n) is 5.37. The van der Waals surface area contributed by atoms with Crippen molar-refractivity contribution in [1.82, 2.24) is 0 Å². The van der Waals surface area contributed by atoms with E-state index in [2.05, 4.69) is 0 Å². The van der Waals surface area contributed by atoms with Gasteiger partial charge in [0.15, 0.2) is 0 Å². The van der Waals surface area contributed by atoms with Crippen molar-refractivity contribution in [3.63, 3.8) is 0 Å². The molecule has 2 nitrogen and oxygen atoms in total. The van der Waals surface area contributed by atoms with Crippen molar-refractivity contribution >= 4 is 5.69 Å². The van der Waals surface area contributed by atoms with Gasteiger partial charge in [-0.3, -0.25) is 0 Å². The Balaban J connectivity index is 2.32. The number of benzene rings is 1. The molecular formula is C15H18F4N2. The van der Waals surface area contributed by atoms with Crippen molar-refractivity contribution in [3.05, 3.63) is 40.7 Å². The highest BCUT2D eigenvalue weighted by Gasteiger charge is 2.35. The third-order valence-corrected chi connectivity index (χ3v) is 3.71. The summed E-state index contributed by atoms with van der Waals surface area (Å²) in [5, 5.41) is 0. The van der Waals surface area contributed by atoms with Gasteiger partial charge in [-0.2, -0.15) is 13.2 Å². The lowest BCUT2D eigenvalue weighted by Gasteiger charge is -2.32. The lowest BCUT2D eigenvalue weighted by molar-refractivity contribution is -0.0943. The molecule has 1 aromatic rings. The van der Waals surface area contributed by atoms with Gasteiger partial charge in [0, 0.05) is 30.4 Å². The molecule has 1 aliphatic rings. The number of anilines is 1. The molecule has 0 fully saturated rings. The van der Waals surface area contributed by atoms with Gasteiger partial charge in [0.1, 0.15) is 5.82 Å². The number of halogens is 4. The van der Waals surface area contributed by atoms with Crippen molar-refractivity contribution in [2.24, 2.45) is 5.73 Å². The van der Waals surface area contributed by atoms with Crippen LogP contribution in [0, 0.1) is 12.7 Å². The lowest BCUT2D eigenvalue weighted by atomic mass is 10.0. The van der Waals surface area contributed by atoms with E-state index >= 15 is 0 Å². The second kappa shape index (κ2) is 5.67. The standard InChI is InChI=1S/C15H18F4N2/c1-9-7-14(12(10(2)20)8-13(9)16)21-5-3-11(4-6-21)15(17,18)19/h3,7-8,10H,4-6,20H2,1-2H3/t10-/m0/s1. The van der Waals surface area contributed by atoms with Gasteiger partial charge in [0.25, 0.3) is 0 Å². The van der Waals surface area contributed by atoms with Crippen LogP contribution in [0.25, 0.3) is 0 Å². The van der Waals surface area contributed by atoms with Crippen LogP contribution in [0.3, 0.4) is 0 Å². The Labute approximate surface area is 121 Å². The zero-order valence-electron chi connectivity index (χ0n) is 12.0. The highest BCUT2D eigenvalue weighted by Crippen LogP contribution is 2.34. The SMILES string of the molecule is Cc1cc(N2CC=C(C(F)(F)F)CC2)c([C@H](C)N)cc1F. The Kier molecular flexibility index (Phi) is 4.27. The topological polar surface area (TPSA) is 29.3 Å². The predicted octanol–water partition coefficient (Wildman–Crippen LogP) is 3.85. The van der Waals surface area contributed by atoms with E-state index in [1.165, 1.54) is 12.1 Å². The molecule has 0 unspecified atom stereocenters. The fourth-order valence-electron chi connectivity index (χ4n) is 2.47. The molecule has 2 rings (SSSR count). The number of nitrogens with zero attached hydrogens (tertiary/aromatic N) is 1. The van der Waals surface area contributed by atoms with Crippen molar-refractivity contribution < 1.29 is 17.6 Å². The minimum Gasteiger partial charge on any atom is -0.367 e. The maximum absolute atomic E-state index is 13.7. The lowest BCUT2D eigenvalue weighted by Crippen LogP contribution is -2.33. The zero-order valence-corrected chi connectivity index (χ0v) is 12.0. The smallest absolute Gasteiger partial charge is 0.367 e. The maximum Gasteiger partial charge on any atom is 0.412 e. The second-order valence-corrected chi connectivity index (χ2v) is 5.37. The summed E-state index contributed by atoms with van der Waals surface area (Å²) in [7, 11) is 0. The molecule has 0 radical (unpaired) electrons. The molecule has 0 bridgehead atoms. The van der Waals surface area contributed by atoms with Crippen LogP contribution in [0.1, 0.15) is 30.5 Å². The van der Waals surface area contributed by atoms with Crippen molar-refractivity contribution in [3.8, 4) is 0 Å². The molecule has 1 atom stereocenters. The summed E-state index contributed by atoms with van der Waals surface area (Å²) in [6, 6.07) is 2.64. The molecule has 0 saturated carbocycles. The van der Waals surface area contributed by atoms with E-state index in [-0.39, 0.29) is 31.4 Å². The van der Waals surface area contributed by atoms with Crippen LogP contribution in [0.4, 0.5) is 23.2 Å². The van der Waals surface area contributed by atoms with Gasteiger partial charge >= 0.3 is 6.18 Å². The summed E-state index contributed by atoms with van der Waals surface area (Å²) in [5.74, 6) is -0.352. The first-order chi connectivity index (χ1) is 9.70. The first-order valence-corrected chi connectivity index (χ1v) is 6.77. The summed E-state index contributed by atoms with van der Waals surface area (Å²) in [5.41, 5.74) is 7.13. The number of rotatable bonds is 2. The van der Waals surface area contributed by atoms with Gasteiger partial charge in [-0.15, -0.1) is 0 Å². The molecule has 116 valence electrons. The number of aryl methyl sites for hydroxylation is 1. The molecule has 6 heteroatoms. The summed E-state index contributed by atoms with van der Waals surface area (Å²) in [4.78, 5) is 1.81. The minimum absolute atomic E-state index is 0.0711. The molecule has 0 saturated heterocycles. The summed E-state index contributed by atoms with van der Waals surface area (Å²) in [6.07, 6.45) is -3.15. The molecule has 1 heterocycles. The third kappa shape index (κ3) is 3.37. The number of nitrogens with two attached hydrogens (primary N) is 1. The maximum atomic E-state index is 13.7. The molecule has 21 heavy (non-hydrogen) atoms. The monoisotopic (exact) mass is 302 g/mol. The van der Waals surface area contributed by atoms with Crippen LogP contribution in [-0.4, -0.2) is 19.3 Å². The first-order valence-electron chi connectivity index (χ1n) is 6.77. The molecule has 0 aliphatic carbocycles. The molecular weight excluding hydrogens is 284 g/mol. The van der Waals surface area contributed by atoms with E-state index in [4.69, 9.17) is 5.73 Å². The van der Waals surface area contributed by atoms with Gasteiger partial charge in [0.2, 0.25) is 0 Å². The van der Waals surface area contributed by atoms with Gasteiger partial charge in [-0.25, -0.2) is 4.39 Å². The summed E-state index contributed by atoms with van der Waals surface area (Å²) >= 11 is 0. The average Bonchev–Trinajstić information content (AvgIpc) is 2.40. The highest BCUT2D eigenvalue weighted by molar-refractivity contribution is 5.58. The number of hydrogen-bond acceptors (Lipinski definition) is 2. The Hall–Kier alpha value is -1.56. The Morgan fingerprint density at radius 2 is 1.95 bits per heavy atom. The fourth-order valence-corrected chi connectivity index (χ4v) is 2.47. The predicted molar refractivity (Wildman–Crippen MR) is 74.7 cm³/mol. The van der Waals surface area contributed by atoms with E-state index < -0.39 is 11.7 Å². The quantitative estimate of drug-likeness (QED) is 0.664. The number of alkyl halides is 3. The molecule has 0 amide bonds. The first kappa shape index (κ1) is 15.8. The van der Waals surface area contributed by atoms with Crippen molar-refractivity contribution in [1.29, 1.82) is 0 Å². The van der Waals surface area contributed by atoms with Gasteiger partial charge < -0.3 is 10.6 Å². The van der Waals surface area contributed by atoms with Gasteiger partial charge in [-0.1, -0.05) is 6.08 Å².